The number of hydrogen-bond donors (Lipinski definition) is 1. The summed E-state index contributed by atoms with van der Waals surface area (Å²) in [5.41, 5.74) is 2.33. The Morgan fingerprint density at radius 1 is 1.00 bits per heavy atom. The van der Waals surface area contributed by atoms with Crippen LogP contribution < -0.4 is 10.1 Å². The van der Waals surface area contributed by atoms with Gasteiger partial charge in [0.05, 0.1) is 6.61 Å². The Labute approximate surface area is 130 Å². The van der Waals surface area contributed by atoms with Gasteiger partial charge in [0.2, 0.25) is 5.88 Å². The molecular weight excluding hydrogens is 260 g/mol. The highest BCUT2D eigenvalue weighted by molar-refractivity contribution is 5.24. The van der Waals surface area contributed by atoms with Gasteiger partial charge < -0.3 is 10.1 Å². The SMILES string of the molecule is CCCCCCCCOc1ccc(CNCCC)c(C)n1. The second kappa shape index (κ2) is 11.6. The zero-order chi connectivity index (χ0) is 15.3. The van der Waals surface area contributed by atoms with Crippen LogP contribution in [0.3, 0.4) is 0 Å². The van der Waals surface area contributed by atoms with Crippen molar-refractivity contribution in [3.05, 3.63) is 23.4 Å². The number of ether oxygens (including phenoxy) is 1. The van der Waals surface area contributed by atoms with E-state index in [9.17, 15) is 0 Å². The van der Waals surface area contributed by atoms with Crippen molar-refractivity contribution in [3.8, 4) is 5.88 Å². The largest absolute Gasteiger partial charge is 0.478 e. The lowest BCUT2D eigenvalue weighted by molar-refractivity contribution is 0.292. The summed E-state index contributed by atoms with van der Waals surface area (Å²) in [6, 6.07) is 4.12. The molecule has 0 aliphatic rings. The lowest BCUT2D eigenvalue weighted by Crippen LogP contribution is -2.15. The molecule has 1 heterocycles. The van der Waals surface area contributed by atoms with Crippen LogP contribution in [-0.4, -0.2) is 18.1 Å². The summed E-state index contributed by atoms with van der Waals surface area (Å²) < 4.78 is 5.74. The molecule has 0 radical (unpaired) electrons. The zero-order valence-corrected chi connectivity index (χ0v) is 14.1. The van der Waals surface area contributed by atoms with E-state index >= 15 is 0 Å². The van der Waals surface area contributed by atoms with Crippen LogP contribution in [0.15, 0.2) is 12.1 Å². The van der Waals surface area contributed by atoms with Crippen LogP contribution in [0, 0.1) is 6.92 Å². The van der Waals surface area contributed by atoms with Gasteiger partial charge in [-0.25, -0.2) is 4.98 Å². The fourth-order valence-corrected chi connectivity index (χ4v) is 2.29. The van der Waals surface area contributed by atoms with Crippen LogP contribution in [0.5, 0.6) is 5.88 Å². The molecule has 0 unspecified atom stereocenters. The van der Waals surface area contributed by atoms with Crippen molar-refractivity contribution in [2.45, 2.75) is 72.3 Å². The molecule has 0 saturated carbocycles. The molecule has 0 spiro atoms. The summed E-state index contributed by atoms with van der Waals surface area (Å²) in [6.45, 7) is 9.21. The lowest BCUT2D eigenvalue weighted by Gasteiger charge is -2.10. The molecule has 21 heavy (non-hydrogen) atoms. The van der Waals surface area contributed by atoms with Crippen molar-refractivity contribution in [1.82, 2.24) is 10.3 Å². The number of pyridine rings is 1. The smallest absolute Gasteiger partial charge is 0.213 e. The molecule has 1 rings (SSSR count). The Hall–Kier alpha value is -1.09. The van der Waals surface area contributed by atoms with Crippen molar-refractivity contribution in [1.29, 1.82) is 0 Å². The highest BCUT2D eigenvalue weighted by atomic mass is 16.5. The Morgan fingerprint density at radius 2 is 1.76 bits per heavy atom. The second-order valence-electron chi connectivity index (χ2n) is 5.69. The average molecular weight is 292 g/mol. The van der Waals surface area contributed by atoms with Gasteiger partial charge >= 0.3 is 0 Å². The van der Waals surface area contributed by atoms with Crippen LogP contribution in [0.2, 0.25) is 0 Å². The first kappa shape index (κ1) is 18.0. The molecule has 0 bridgehead atoms. The van der Waals surface area contributed by atoms with Crippen molar-refractivity contribution in [3.63, 3.8) is 0 Å². The quantitative estimate of drug-likeness (QED) is 0.570. The van der Waals surface area contributed by atoms with E-state index in [1.165, 1.54) is 37.7 Å². The van der Waals surface area contributed by atoms with E-state index in [1.54, 1.807) is 0 Å². The lowest BCUT2D eigenvalue weighted by atomic mass is 10.1. The number of nitrogens with zero attached hydrogens (tertiary/aromatic N) is 1. The maximum atomic E-state index is 5.74. The molecule has 120 valence electrons. The first-order valence-corrected chi connectivity index (χ1v) is 8.58. The maximum absolute atomic E-state index is 5.74. The third-order valence-corrected chi connectivity index (χ3v) is 3.66. The highest BCUT2D eigenvalue weighted by Crippen LogP contribution is 2.13. The first-order valence-electron chi connectivity index (χ1n) is 8.58. The van der Waals surface area contributed by atoms with E-state index in [4.69, 9.17) is 4.74 Å². The number of nitrogens with one attached hydrogen (secondary N) is 1. The molecule has 0 aliphatic carbocycles. The molecule has 3 nitrogen and oxygen atoms in total. The summed E-state index contributed by atoms with van der Waals surface area (Å²) in [6.07, 6.45) is 8.89. The van der Waals surface area contributed by atoms with Gasteiger partial charge in [-0.3, -0.25) is 0 Å². The molecule has 3 heteroatoms. The Morgan fingerprint density at radius 3 is 2.48 bits per heavy atom. The van der Waals surface area contributed by atoms with Gasteiger partial charge in [0.1, 0.15) is 0 Å². The molecule has 0 aliphatic heterocycles. The van der Waals surface area contributed by atoms with E-state index < -0.39 is 0 Å². The van der Waals surface area contributed by atoms with Crippen LogP contribution in [0.1, 0.15) is 70.1 Å². The van der Waals surface area contributed by atoms with Gasteiger partial charge in [0.15, 0.2) is 0 Å². The Balaban J connectivity index is 2.22. The molecule has 0 atom stereocenters. The van der Waals surface area contributed by atoms with Gasteiger partial charge in [-0.05, 0) is 31.9 Å². The van der Waals surface area contributed by atoms with Gasteiger partial charge in [-0.1, -0.05) is 52.0 Å². The van der Waals surface area contributed by atoms with Crippen molar-refractivity contribution < 1.29 is 4.74 Å². The van der Waals surface area contributed by atoms with E-state index in [0.717, 1.165) is 44.1 Å². The zero-order valence-electron chi connectivity index (χ0n) is 14.1. The van der Waals surface area contributed by atoms with Crippen molar-refractivity contribution >= 4 is 0 Å². The number of aromatic nitrogens is 1. The highest BCUT2D eigenvalue weighted by Gasteiger charge is 2.02. The number of rotatable bonds is 12. The monoisotopic (exact) mass is 292 g/mol. The average Bonchev–Trinajstić information content (AvgIpc) is 2.48. The third kappa shape index (κ3) is 8.05. The molecule has 0 aromatic carbocycles. The molecular formula is C18H32N2O. The Bertz CT molecular complexity index is 379. The molecule has 0 saturated heterocycles. The van der Waals surface area contributed by atoms with Gasteiger partial charge in [0.25, 0.3) is 0 Å². The number of unbranched alkanes of at least 4 members (excludes halogenated alkanes) is 5. The summed E-state index contributed by atoms with van der Waals surface area (Å²) in [7, 11) is 0. The van der Waals surface area contributed by atoms with E-state index in [1.807, 2.05) is 6.07 Å². The van der Waals surface area contributed by atoms with Gasteiger partial charge in [0, 0.05) is 18.3 Å². The third-order valence-electron chi connectivity index (χ3n) is 3.66. The minimum Gasteiger partial charge on any atom is -0.478 e. The summed E-state index contributed by atoms with van der Waals surface area (Å²) in [4.78, 5) is 4.54. The van der Waals surface area contributed by atoms with E-state index in [-0.39, 0.29) is 0 Å². The fourth-order valence-electron chi connectivity index (χ4n) is 2.29. The molecule has 1 aromatic heterocycles. The first-order chi connectivity index (χ1) is 10.3. The number of aryl methyl sites for hydroxylation is 1. The van der Waals surface area contributed by atoms with Crippen molar-refractivity contribution in [2.24, 2.45) is 0 Å². The van der Waals surface area contributed by atoms with Crippen LogP contribution in [-0.2, 0) is 6.54 Å². The summed E-state index contributed by atoms with van der Waals surface area (Å²) in [5, 5.41) is 3.41. The van der Waals surface area contributed by atoms with Gasteiger partial charge in [-0.15, -0.1) is 0 Å². The summed E-state index contributed by atoms with van der Waals surface area (Å²) >= 11 is 0. The van der Waals surface area contributed by atoms with E-state index in [0.29, 0.717) is 0 Å². The molecule has 1 N–H and O–H groups in total. The molecule has 0 amide bonds. The summed E-state index contributed by atoms with van der Waals surface area (Å²) in [5.74, 6) is 0.764. The Kier molecular flexibility index (Phi) is 9.88. The second-order valence-corrected chi connectivity index (χ2v) is 5.69. The van der Waals surface area contributed by atoms with Gasteiger partial charge in [-0.2, -0.15) is 0 Å². The normalized spacial score (nSPS) is 10.8. The minimum absolute atomic E-state index is 0.764. The fraction of sp³-hybridized carbons (Fsp3) is 0.722. The number of hydrogen-bond acceptors (Lipinski definition) is 3. The topological polar surface area (TPSA) is 34.1 Å². The predicted molar refractivity (Wildman–Crippen MR) is 89.8 cm³/mol. The standard InChI is InChI=1S/C18H32N2O/c1-4-6-7-8-9-10-14-21-18-12-11-17(16(3)20-18)15-19-13-5-2/h11-12,19H,4-10,13-15H2,1-3H3. The van der Waals surface area contributed by atoms with Crippen LogP contribution >= 0.6 is 0 Å². The predicted octanol–water partition coefficient (Wildman–Crippen LogP) is 4.63. The van der Waals surface area contributed by atoms with Crippen molar-refractivity contribution in [2.75, 3.05) is 13.2 Å². The molecule has 0 fully saturated rings. The molecule has 1 aromatic rings. The van der Waals surface area contributed by atoms with Crippen LogP contribution in [0.25, 0.3) is 0 Å². The minimum atomic E-state index is 0.764. The van der Waals surface area contributed by atoms with E-state index in [2.05, 4.69) is 37.1 Å². The van der Waals surface area contributed by atoms with Crippen LogP contribution in [0.4, 0.5) is 0 Å². The maximum Gasteiger partial charge on any atom is 0.213 e.